The predicted molar refractivity (Wildman–Crippen MR) is 168 cm³/mol. The summed E-state index contributed by atoms with van der Waals surface area (Å²) in [6, 6.07) is 20.9. The number of ether oxygens (including phenoxy) is 3. The number of aromatic hydroxyl groups is 1. The Labute approximate surface area is 264 Å². The number of phenolic OH excluding ortho intramolecular Hbond substituents is 1. The van der Waals surface area contributed by atoms with Gasteiger partial charge < -0.3 is 34.0 Å². The minimum absolute atomic E-state index is 0.116. The van der Waals surface area contributed by atoms with E-state index in [2.05, 4.69) is 15.5 Å². The van der Waals surface area contributed by atoms with Crippen molar-refractivity contribution < 1.29 is 33.3 Å². The maximum absolute atomic E-state index is 14.1. The molecule has 11 heteroatoms. The Morgan fingerprint density at radius 1 is 1.04 bits per heavy atom. The highest BCUT2D eigenvalue weighted by Gasteiger charge is 2.35. The third-order valence-electron chi connectivity index (χ3n) is 8.22. The van der Waals surface area contributed by atoms with Gasteiger partial charge in [-0.1, -0.05) is 12.1 Å². The lowest BCUT2D eigenvalue weighted by Crippen LogP contribution is -2.40. The number of benzene rings is 3. The molecule has 46 heavy (non-hydrogen) atoms. The number of furan rings is 1. The molecule has 5 aromatic rings. The maximum Gasteiger partial charge on any atom is 0.275 e. The van der Waals surface area contributed by atoms with Gasteiger partial charge in [0.25, 0.3) is 11.8 Å². The standard InChI is InChI=1S/C35H32N4O7/c1-20-4-10-30(45-20)27-19-28(38-37-27)35(42)39-14-12-21-16-23-6-8-25(21)33(39)22-5-11-31(43-2)32(17-22)44-15-3-13-36-34(41)26-18-24(46-23)7-9-29(26)40/h4-11,16-19,33,40H,3,12-15H2,1-2H3,(H,36,41)(H,37,38). The minimum atomic E-state index is -0.456. The molecule has 0 fully saturated rings. The van der Waals surface area contributed by atoms with Gasteiger partial charge in [-0.05, 0) is 91.1 Å². The number of nitrogens with one attached hydrogen (secondary N) is 2. The van der Waals surface area contributed by atoms with E-state index in [1.165, 1.54) is 12.1 Å². The number of carbonyl (C=O) groups is 2. The molecule has 3 aliphatic heterocycles. The lowest BCUT2D eigenvalue weighted by Gasteiger charge is -2.37. The molecule has 2 amide bonds. The van der Waals surface area contributed by atoms with Crippen LogP contribution >= 0.6 is 0 Å². The van der Waals surface area contributed by atoms with E-state index >= 15 is 0 Å². The van der Waals surface area contributed by atoms with E-state index in [1.807, 2.05) is 60.4 Å². The number of phenols is 1. The molecule has 2 aromatic heterocycles. The summed E-state index contributed by atoms with van der Waals surface area (Å²) in [4.78, 5) is 28.8. The Morgan fingerprint density at radius 2 is 1.89 bits per heavy atom. The van der Waals surface area contributed by atoms with Gasteiger partial charge in [-0.15, -0.1) is 0 Å². The van der Waals surface area contributed by atoms with Gasteiger partial charge in [0.2, 0.25) is 0 Å². The third-order valence-corrected chi connectivity index (χ3v) is 8.22. The molecule has 3 aliphatic rings. The molecule has 5 heterocycles. The fraction of sp³-hybridized carbons (Fsp3) is 0.229. The van der Waals surface area contributed by atoms with Crippen molar-refractivity contribution in [2.24, 2.45) is 0 Å². The van der Waals surface area contributed by atoms with Crippen molar-refractivity contribution in [2.45, 2.75) is 25.8 Å². The van der Waals surface area contributed by atoms with Gasteiger partial charge in [-0.25, -0.2) is 0 Å². The first kappa shape index (κ1) is 29.0. The Balaban J connectivity index is 1.30. The first-order chi connectivity index (χ1) is 22.4. The summed E-state index contributed by atoms with van der Waals surface area (Å²) < 4.78 is 23.6. The van der Waals surface area contributed by atoms with Gasteiger partial charge in [0.1, 0.15) is 28.7 Å². The Kier molecular flexibility index (Phi) is 7.57. The van der Waals surface area contributed by atoms with Crippen LogP contribution in [0.2, 0.25) is 0 Å². The molecular formula is C35H32N4O7. The average Bonchev–Trinajstić information content (AvgIpc) is 3.73. The molecule has 0 aliphatic carbocycles. The van der Waals surface area contributed by atoms with Gasteiger partial charge in [0.15, 0.2) is 23.0 Å². The molecule has 234 valence electrons. The van der Waals surface area contributed by atoms with Gasteiger partial charge in [0, 0.05) is 19.2 Å². The van der Waals surface area contributed by atoms with Crippen LogP contribution in [0.1, 0.15) is 55.8 Å². The van der Waals surface area contributed by atoms with Crippen molar-refractivity contribution in [3.63, 3.8) is 0 Å². The quantitative estimate of drug-likeness (QED) is 0.231. The van der Waals surface area contributed by atoms with Crippen LogP contribution < -0.4 is 19.5 Å². The van der Waals surface area contributed by atoms with Gasteiger partial charge >= 0.3 is 0 Å². The van der Waals surface area contributed by atoms with E-state index < -0.39 is 11.9 Å². The highest BCUT2D eigenvalue weighted by atomic mass is 16.5. The highest BCUT2D eigenvalue weighted by molar-refractivity contribution is 5.97. The number of aryl methyl sites for hydroxylation is 1. The molecule has 0 saturated heterocycles. The van der Waals surface area contributed by atoms with Gasteiger partial charge in [0.05, 0.1) is 25.3 Å². The van der Waals surface area contributed by atoms with Crippen LogP contribution in [0.15, 0.2) is 77.2 Å². The average molecular weight is 621 g/mol. The van der Waals surface area contributed by atoms with E-state index in [0.29, 0.717) is 67.0 Å². The van der Waals surface area contributed by atoms with Gasteiger partial charge in [-0.2, -0.15) is 5.10 Å². The second-order valence-corrected chi connectivity index (χ2v) is 11.2. The minimum Gasteiger partial charge on any atom is -0.507 e. The van der Waals surface area contributed by atoms with Crippen LogP contribution in [0.4, 0.5) is 0 Å². The monoisotopic (exact) mass is 620 g/mol. The highest BCUT2D eigenvalue weighted by Crippen LogP contribution is 2.41. The third kappa shape index (κ3) is 5.51. The fourth-order valence-electron chi connectivity index (χ4n) is 5.95. The zero-order valence-corrected chi connectivity index (χ0v) is 25.3. The Bertz CT molecular complexity index is 1940. The molecule has 3 aromatic carbocycles. The summed E-state index contributed by atoms with van der Waals surface area (Å²) in [7, 11) is 1.57. The number of carbonyl (C=O) groups excluding carboxylic acids is 2. The zero-order valence-electron chi connectivity index (χ0n) is 25.3. The lowest BCUT2D eigenvalue weighted by molar-refractivity contribution is 0.0688. The largest absolute Gasteiger partial charge is 0.507 e. The fourth-order valence-corrected chi connectivity index (χ4v) is 5.95. The smallest absolute Gasteiger partial charge is 0.275 e. The second-order valence-electron chi connectivity index (χ2n) is 11.2. The number of amides is 2. The van der Waals surface area contributed by atoms with Crippen LogP contribution in [0.5, 0.6) is 28.7 Å². The number of hydrogen-bond acceptors (Lipinski definition) is 8. The number of rotatable bonds is 3. The molecule has 1 atom stereocenters. The normalized spacial score (nSPS) is 16.1. The molecule has 8 rings (SSSR count). The summed E-state index contributed by atoms with van der Waals surface area (Å²) in [5.74, 6) is 2.64. The second kappa shape index (κ2) is 12.0. The predicted octanol–water partition coefficient (Wildman–Crippen LogP) is 5.78. The SMILES string of the molecule is COc1ccc2cc1OCCCNC(=O)c1cc(ccc1O)Oc1ccc3c(c1)CCN(C(=O)c1cc(-c4ccc(C)o4)[nH]n1)C23. The molecule has 0 saturated carbocycles. The number of methoxy groups -OCH3 is 1. The van der Waals surface area contributed by atoms with Crippen molar-refractivity contribution in [2.75, 3.05) is 26.8 Å². The van der Waals surface area contributed by atoms with E-state index in [9.17, 15) is 14.7 Å². The van der Waals surface area contributed by atoms with Crippen LogP contribution in [-0.4, -0.2) is 58.8 Å². The van der Waals surface area contributed by atoms with Gasteiger partial charge in [-0.3, -0.25) is 14.7 Å². The van der Waals surface area contributed by atoms with Crippen LogP contribution in [0.25, 0.3) is 11.5 Å². The summed E-state index contributed by atoms with van der Waals surface area (Å²) >= 11 is 0. The molecule has 0 radical (unpaired) electrons. The molecule has 3 N–H and O–H groups in total. The maximum atomic E-state index is 14.1. The zero-order chi connectivity index (χ0) is 31.8. The number of hydrogen-bond donors (Lipinski definition) is 3. The van der Waals surface area contributed by atoms with Crippen LogP contribution in [0.3, 0.4) is 0 Å². The number of aromatic nitrogens is 2. The van der Waals surface area contributed by atoms with E-state index in [4.69, 9.17) is 18.6 Å². The number of nitrogens with zero attached hydrogens (tertiary/aromatic N) is 2. The summed E-state index contributed by atoms with van der Waals surface area (Å²) in [5, 5.41) is 20.5. The Morgan fingerprint density at radius 3 is 2.72 bits per heavy atom. The van der Waals surface area contributed by atoms with E-state index in [1.54, 1.807) is 19.2 Å². The summed E-state index contributed by atoms with van der Waals surface area (Å²) in [6.45, 7) is 2.90. The lowest BCUT2D eigenvalue weighted by atomic mass is 9.87. The molecule has 0 spiro atoms. The summed E-state index contributed by atoms with van der Waals surface area (Å²) in [5.41, 5.74) is 3.80. The molecule has 1 unspecified atom stereocenters. The topological polar surface area (TPSA) is 139 Å². The first-order valence-corrected chi connectivity index (χ1v) is 15.0. The molecule has 8 bridgehead atoms. The Hall–Kier alpha value is -5.71. The van der Waals surface area contributed by atoms with E-state index in [-0.39, 0.29) is 22.9 Å². The number of H-pyrrole nitrogens is 1. The summed E-state index contributed by atoms with van der Waals surface area (Å²) in [6.07, 6.45) is 1.08. The van der Waals surface area contributed by atoms with Crippen molar-refractivity contribution in [3.8, 4) is 40.2 Å². The van der Waals surface area contributed by atoms with Crippen molar-refractivity contribution in [3.05, 3.63) is 107 Å². The van der Waals surface area contributed by atoms with Crippen molar-refractivity contribution in [1.82, 2.24) is 20.4 Å². The molecule has 11 nitrogen and oxygen atoms in total. The molecular weight excluding hydrogens is 588 g/mol. The van der Waals surface area contributed by atoms with Crippen molar-refractivity contribution in [1.29, 1.82) is 0 Å². The van der Waals surface area contributed by atoms with Crippen LogP contribution in [0, 0.1) is 6.92 Å². The van der Waals surface area contributed by atoms with Crippen molar-refractivity contribution >= 4 is 11.8 Å². The van der Waals surface area contributed by atoms with Crippen LogP contribution in [-0.2, 0) is 6.42 Å². The number of aromatic amines is 1. The number of fused-ring (bicyclic) bond motifs is 6. The first-order valence-electron chi connectivity index (χ1n) is 15.0. The van der Waals surface area contributed by atoms with E-state index in [0.717, 1.165) is 22.5 Å².